The number of hydrogen-bond donors (Lipinski definition) is 4. The summed E-state index contributed by atoms with van der Waals surface area (Å²) in [6.07, 6.45) is 3.28. The number of aliphatic hydroxyl groups excluding tert-OH is 1. The van der Waals surface area contributed by atoms with E-state index in [0.29, 0.717) is 55.4 Å². The average Bonchev–Trinajstić information content (AvgIpc) is 3.55. The molecule has 4 N–H and O–H groups in total. The summed E-state index contributed by atoms with van der Waals surface area (Å²) in [5.41, 5.74) is 2.24. The van der Waals surface area contributed by atoms with E-state index in [-0.39, 0.29) is 19.0 Å². The van der Waals surface area contributed by atoms with Crippen LogP contribution in [0.2, 0.25) is 0 Å². The topological polar surface area (TPSA) is 167 Å². The van der Waals surface area contributed by atoms with Crippen molar-refractivity contribution in [2.24, 2.45) is 0 Å². The van der Waals surface area contributed by atoms with Crippen LogP contribution in [0.3, 0.4) is 0 Å². The summed E-state index contributed by atoms with van der Waals surface area (Å²) in [6.45, 7) is 6.67. The van der Waals surface area contributed by atoms with Gasteiger partial charge in [-0.05, 0) is 38.5 Å². The Balaban J connectivity index is 1.55. The number of rotatable bonds is 2. The maximum atomic E-state index is 13.2. The Morgan fingerprint density at radius 3 is 2.77 bits per heavy atom. The van der Waals surface area contributed by atoms with Gasteiger partial charge in [0.1, 0.15) is 23.3 Å². The Morgan fingerprint density at radius 1 is 1.21 bits per heavy atom. The maximum absolute atomic E-state index is 13.2. The average molecular weight is 539 g/mol. The molecule has 0 spiro atoms. The van der Waals surface area contributed by atoms with E-state index in [1.54, 1.807) is 34.7 Å². The van der Waals surface area contributed by atoms with Crippen molar-refractivity contribution in [2.75, 3.05) is 26.2 Å². The number of benzene rings is 1. The van der Waals surface area contributed by atoms with Gasteiger partial charge < -0.3 is 30.4 Å². The SMILES string of the molecule is Cc1ncc(C(=O)N2CCNC(=O)[C@H]([C@@H](C)O)NC(=O)c3ccc(C)c(c3)OCCCn3cc(nn3)CC2)[nH]1. The molecule has 0 saturated carbocycles. The fraction of sp³-hybridized carbons (Fsp3) is 0.462. The Labute approximate surface area is 225 Å². The van der Waals surface area contributed by atoms with Gasteiger partial charge in [0.15, 0.2) is 0 Å². The van der Waals surface area contributed by atoms with Gasteiger partial charge in [0, 0.05) is 50.8 Å². The number of aryl methyl sites for hydroxylation is 3. The van der Waals surface area contributed by atoms with Gasteiger partial charge >= 0.3 is 0 Å². The molecular weight excluding hydrogens is 504 g/mol. The first-order valence-corrected chi connectivity index (χ1v) is 12.9. The van der Waals surface area contributed by atoms with Crippen molar-refractivity contribution in [2.45, 2.75) is 52.3 Å². The largest absolute Gasteiger partial charge is 0.493 e. The van der Waals surface area contributed by atoms with Crippen molar-refractivity contribution in [3.8, 4) is 5.75 Å². The Morgan fingerprint density at radius 2 is 2.03 bits per heavy atom. The summed E-state index contributed by atoms with van der Waals surface area (Å²) in [6, 6.07) is 3.83. The number of carbonyl (C=O) groups excluding carboxylic acids is 3. The number of H-pyrrole nitrogens is 1. The summed E-state index contributed by atoms with van der Waals surface area (Å²) in [5.74, 6) is -0.178. The van der Waals surface area contributed by atoms with E-state index in [9.17, 15) is 19.5 Å². The minimum atomic E-state index is -1.19. The predicted octanol–water partition coefficient (Wildman–Crippen LogP) is 0.381. The van der Waals surface area contributed by atoms with E-state index in [4.69, 9.17) is 4.74 Å². The van der Waals surface area contributed by atoms with Gasteiger partial charge in [-0.15, -0.1) is 5.10 Å². The number of nitrogens with one attached hydrogen (secondary N) is 3. The van der Waals surface area contributed by atoms with Crippen LogP contribution in [0.5, 0.6) is 5.75 Å². The number of aromatic amines is 1. The molecule has 0 fully saturated rings. The predicted molar refractivity (Wildman–Crippen MR) is 140 cm³/mol. The van der Waals surface area contributed by atoms with Crippen LogP contribution in [0.4, 0.5) is 0 Å². The number of nitrogens with zero attached hydrogens (tertiary/aromatic N) is 5. The van der Waals surface area contributed by atoms with Crippen LogP contribution >= 0.6 is 0 Å². The van der Waals surface area contributed by atoms with E-state index < -0.39 is 24.0 Å². The van der Waals surface area contributed by atoms with E-state index in [1.165, 1.54) is 13.1 Å². The third-order valence-corrected chi connectivity index (χ3v) is 6.42. The number of carbonyl (C=O) groups is 3. The lowest BCUT2D eigenvalue weighted by molar-refractivity contribution is -0.125. The second kappa shape index (κ2) is 12.5. The number of fused-ring (bicyclic) bond motifs is 4. The fourth-order valence-electron chi connectivity index (χ4n) is 4.19. The van der Waals surface area contributed by atoms with Gasteiger partial charge in [0.05, 0.1) is 24.6 Å². The van der Waals surface area contributed by atoms with Gasteiger partial charge in [0.25, 0.3) is 11.8 Å². The van der Waals surface area contributed by atoms with Crippen LogP contribution < -0.4 is 15.4 Å². The molecule has 1 aliphatic heterocycles. The molecule has 1 aromatic carbocycles. The van der Waals surface area contributed by atoms with E-state index in [2.05, 4.69) is 30.9 Å². The molecule has 3 amide bonds. The van der Waals surface area contributed by atoms with Crippen molar-refractivity contribution in [3.63, 3.8) is 0 Å². The third-order valence-electron chi connectivity index (χ3n) is 6.42. The molecule has 2 aromatic heterocycles. The highest BCUT2D eigenvalue weighted by Gasteiger charge is 2.27. The summed E-state index contributed by atoms with van der Waals surface area (Å²) < 4.78 is 7.64. The van der Waals surface area contributed by atoms with Crippen molar-refractivity contribution >= 4 is 17.7 Å². The second-order valence-electron chi connectivity index (χ2n) is 9.56. The number of imidazole rings is 1. The maximum Gasteiger partial charge on any atom is 0.271 e. The summed E-state index contributed by atoms with van der Waals surface area (Å²) in [4.78, 5) is 47.7. The Kier molecular flexibility index (Phi) is 8.92. The normalized spacial score (nSPS) is 18.5. The minimum Gasteiger partial charge on any atom is -0.493 e. The lowest BCUT2D eigenvalue weighted by atomic mass is 10.1. The molecular formula is C26H34N8O5. The lowest BCUT2D eigenvalue weighted by Gasteiger charge is -2.24. The number of aromatic nitrogens is 5. The van der Waals surface area contributed by atoms with Crippen LogP contribution in [0.1, 0.15) is 51.3 Å². The Hall–Kier alpha value is -4.26. The first-order chi connectivity index (χ1) is 18.7. The molecule has 1 aliphatic rings. The molecule has 0 radical (unpaired) electrons. The van der Waals surface area contributed by atoms with Crippen molar-refractivity contribution < 1.29 is 24.2 Å². The highest BCUT2D eigenvalue weighted by Crippen LogP contribution is 2.20. The van der Waals surface area contributed by atoms with Gasteiger partial charge in [-0.2, -0.15) is 0 Å². The lowest BCUT2D eigenvalue weighted by Crippen LogP contribution is -2.53. The zero-order valence-corrected chi connectivity index (χ0v) is 22.3. The van der Waals surface area contributed by atoms with E-state index in [0.717, 1.165) is 11.3 Å². The smallest absolute Gasteiger partial charge is 0.271 e. The number of hydrogen-bond acceptors (Lipinski definition) is 8. The molecule has 4 rings (SSSR count). The van der Waals surface area contributed by atoms with Crippen LogP contribution in [0.15, 0.2) is 30.6 Å². The van der Waals surface area contributed by atoms with Gasteiger partial charge in [-0.3, -0.25) is 19.1 Å². The molecule has 0 aliphatic carbocycles. The monoisotopic (exact) mass is 538 g/mol. The quantitative estimate of drug-likeness (QED) is 0.363. The molecule has 13 nitrogen and oxygen atoms in total. The van der Waals surface area contributed by atoms with E-state index >= 15 is 0 Å². The van der Waals surface area contributed by atoms with Crippen molar-refractivity contribution in [1.29, 1.82) is 0 Å². The number of amides is 3. The highest BCUT2D eigenvalue weighted by atomic mass is 16.5. The molecule has 39 heavy (non-hydrogen) atoms. The standard InChI is InChI=1S/C26H34N8O5/c1-16-5-6-19-13-22(16)39-12-4-9-34-15-20(31-32-34)7-10-33(26(38)21-14-28-18(3)29-21)11-8-27-25(37)23(17(2)35)30-24(19)36/h5-6,13-15,17,23,35H,4,7-12H2,1-3H3,(H,27,37)(H,28,29)(H,30,36)/t17-,23+/m1/s1. The Bertz CT molecular complexity index is 1320. The van der Waals surface area contributed by atoms with Gasteiger partial charge in [0.2, 0.25) is 5.91 Å². The van der Waals surface area contributed by atoms with Gasteiger partial charge in [-0.25, -0.2) is 4.98 Å². The van der Waals surface area contributed by atoms with Crippen LogP contribution in [-0.4, -0.2) is 91.1 Å². The van der Waals surface area contributed by atoms with Crippen LogP contribution in [0.25, 0.3) is 0 Å². The first-order valence-electron chi connectivity index (χ1n) is 12.9. The number of aliphatic hydroxyl groups is 1. The third kappa shape index (κ3) is 7.19. The molecule has 4 bridgehead atoms. The number of ether oxygens (including phenoxy) is 1. The zero-order valence-electron chi connectivity index (χ0n) is 22.3. The molecule has 3 aromatic rings. The zero-order chi connectivity index (χ0) is 27.9. The molecule has 3 heterocycles. The fourth-order valence-corrected chi connectivity index (χ4v) is 4.19. The van der Waals surface area contributed by atoms with E-state index in [1.807, 2.05) is 13.1 Å². The molecule has 2 atom stereocenters. The summed E-state index contributed by atoms with van der Waals surface area (Å²) in [7, 11) is 0. The second-order valence-corrected chi connectivity index (χ2v) is 9.56. The molecule has 0 unspecified atom stereocenters. The molecule has 0 saturated heterocycles. The molecule has 13 heteroatoms. The highest BCUT2D eigenvalue weighted by molar-refractivity contribution is 5.98. The van der Waals surface area contributed by atoms with Crippen molar-refractivity contribution in [3.05, 3.63) is 58.9 Å². The minimum absolute atomic E-state index is 0.103. The summed E-state index contributed by atoms with van der Waals surface area (Å²) in [5, 5.41) is 24.0. The first kappa shape index (κ1) is 27.8. The molecule has 208 valence electrons. The summed E-state index contributed by atoms with van der Waals surface area (Å²) >= 11 is 0. The van der Waals surface area contributed by atoms with Crippen LogP contribution in [-0.2, 0) is 17.8 Å². The van der Waals surface area contributed by atoms with Gasteiger partial charge in [-0.1, -0.05) is 11.3 Å². The van der Waals surface area contributed by atoms with Crippen LogP contribution in [0, 0.1) is 13.8 Å². The van der Waals surface area contributed by atoms with Crippen molar-refractivity contribution in [1.82, 2.24) is 40.5 Å².